The maximum Gasteiger partial charge on any atom is 0.240 e. The Morgan fingerprint density at radius 1 is 1.57 bits per heavy atom. The van der Waals surface area contributed by atoms with Gasteiger partial charge in [0.1, 0.15) is 6.04 Å². The van der Waals surface area contributed by atoms with Crippen LogP contribution in [0.25, 0.3) is 0 Å². The zero-order chi connectivity index (χ0) is 10.7. The summed E-state index contributed by atoms with van der Waals surface area (Å²) < 4.78 is 0. The summed E-state index contributed by atoms with van der Waals surface area (Å²) in [6, 6.07) is -0.382. The van der Waals surface area contributed by atoms with Crippen molar-refractivity contribution in [1.29, 1.82) is 0 Å². The van der Waals surface area contributed by atoms with E-state index in [0.29, 0.717) is 25.9 Å². The molecule has 2 unspecified atom stereocenters. The van der Waals surface area contributed by atoms with Gasteiger partial charge in [0.2, 0.25) is 11.8 Å². The number of amides is 2. The van der Waals surface area contributed by atoms with Crippen LogP contribution in [0.4, 0.5) is 0 Å². The van der Waals surface area contributed by atoms with Crippen molar-refractivity contribution < 1.29 is 9.59 Å². The molecule has 1 fully saturated rings. The fourth-order valence-electron chi connectivity index (χ4n) is 1.48. The van der Waals surface area contributed by atoms with Gasteiger partial charge in [0, 0.05) is 13.0 Å². The number of primary amides is 1. The molecule has 1 heterocycles. The highest BCUT2D eigenvalue weighted by atomic mass is 16.2. The van der Waals surface area contributed by atoms with E-state index in [1.807, 2.05) is 6.92 Å². The van der Waals surface area contributed by atoms with Gasteiger partial charge in [-0.15, -0.1) is 0 Å². The normalized spacial score (nSPS) is 22.7. The molecule has 1 aliphatic rings. The van der Waals surface area contributed by atoms with Gasteiger partial charge in [-0.1, -0.05) is 6.92 Å². The Morgan fingerprint density at radius 2 is 2.21 bits per heavy atom. The average Bonchev–Trinajstić information content (AvgIpc) is 2.00. The lowest BCUT2D eigenvalue weighted by Gasteiger charge is -2.39. The second-order valence-corrected chi connectivity index (χ2v) is 3.84. The summed E-state index contributed by atoms with van der Waals surface area (Å²) in [6.07, 6.45) is 1.10. The van der Waals surface area contributed by atoms with E-state index < -0.39 is 5.91 Å². The van der Waals surface area contributed by atoms with Crippen LogP contribution in [0.3, 0.4) is 0 Å². The van der Waals surface area contributed by atoms with Crippen molar-refractivity contribution in [3.8, 4) is 0 Å². The lowest BCUT2D eigenvalue weighted by atomic mass is 9.99. The predicted molar refractivity (Wildman–Crippen MR) is 52.1 cm³/mol. The summed E-state index contributed by atoms with van der Waals surface area (Å²) in [6.45, 7) is 3.04. The average molecular weight is 199 g/mol. The first kappa shape index (κ1) is 11.0. The summed E-state index contributed by atoms with van der Waals surface area (Å²) in [4.78, 5) is 24.0. The SMILES string of the molecule is CC(CN)CC(=O)N1CCC1C(N)=O. The standard InChI is InChI=1S/C9H17N3O2/c1-6(5-10)4-8(13)12-3-2-7(12)9(11)14/h6-7H,2-5,10H2,1H3,(H2,11,14). The van der Waals surface area contributed by atoms with Crippen molar-refractivity contribution in [1.82, 2.24) is 4.90 Å². The second kappa shape index (κ2) is 4.41. The Morgan fingerprint density at radius 3 is 2.57 bits per heavy atom. The first-order chi connectivity index (χ1) is 6.56. The van der Waals surface area contributed by atoms with Crippen molar-refractivity contribution in [3.63, 3.8) is 0 Å². The van der Waals surface area contributed by atoms with Gasteiger partial charge < -0.3 is 16.4 Å². The Bertz CT molecular complexity index is 242. The van der Waals surface area contributed by atoms with Gasteiger partial charge in [0.05, 0.1) is 0 Å². The van der Waals surface area contributed by atoms with E-state index in [9.17, 15) is 9.59 Å². The fourth-order valence-corrected chi connectivity index (χ4v) is 1.48. The van der Waals surface area contributed by atoms with E-state index in [0.717, 1.165) is 0 Å². The van der Waals surface area contributed by atoms with Crippen molar-refractivity contribution >= 4 is 11.8 Å². The second-order valence-electron chi connectivity index (χ2n) is 3.84. The molecule has 0 spiro atoms. The molecular weight excluding hydrogens is 182 g/mol. The first-order valence-electron chi connectivity index (χ1n) is 4.85. The summed E-state index contributed by atoms with van der Waals surface area (Å²) in [7, 11) is 0. The van der Waals surface area contributed by atoms with Gasteiger partial charge in [-0.3, -0.25) is 9.59 Å². The van der Waals surface area contributed by atoms with Gasteiger partial charge >= 0.3 is 0 Å². The molecule has 0 aromatic carbocycles. The molecule has 5 heteroatoms. The molecule has 5 nitrogen and oxygen atoms in total. The van der Waals surface area contributed by atoms with Crippen molar-refractivity contribution in [2.24, 2.45) is 17.4 Å². The maximum atomic E-state index is 11.6. The van der Waals surface area contributed by atoms with Crippen LogP contribution in [0.1, 0.15) is 19.8 Å². The fraction of sp³-hybridized carbons (Fsp3) is 0.778. The molecule has 80 valence electrons. The van der Waals surface area contributed by atoms with Gasteiger partial charge in [0.25, 0.3) is 0 Å². The molecule has 4 N–H and O–H groups in total. The van der Waals surface area contributed by atoms with Crippen molar-refractivity contribution in [2.75, 3.05) is 13.1 Å². The Labute approximate surface area is 83.4 Å². The third-order valence-corrected chi connectivity index (χ3v) is 2.59. The molecule has 0 bridgehead atoms. The molecular formula is C9H17N3O2. The highest BCUT2D eigenvalue weighted by Gasteiger charge is 2.35. The Kier molecular flexibility index (Phi) is 3.46. The minimum absolute atomic E-state index is 0.0157. The van der Waals surface area contributed by atoms with Crippen molar-refractivity contribution in [2.45, 2.75) is 25.8 Å². The van der Waals surface area contributed by atoms with Crippen LogP contribution < -0.4 is 11.5 Å². The van der Waals surface area contributed by atoms with E-state index in [-0.39, 0.29) is 17.9 Å². The van der Waals surface area contributed by atoms with Gasteiger partial charge in [-0.25, -0.2) is 0 Å². The molecule has 1 aliphatic heterocycles. The summed E-state index contributed by atoms with van der Waals surface area (Å²) in [5.74, 6) is -0.264. The maximum absolute atomic E-state index is 11.6. The van der Waals surface area contributed by atoms with E-state index in [1.54, 1.807) is 0 Å². The summed E-state index contributed by atoms with van der Waals surface area (Å²) >= 11 is 0. The van der Waals surface area contributed by atoms with Crippen LogP contribution in [0.5, 0.6) is 0 Å². The quantitative estimate of drug-likeness (QED) is 0.612. The third-order valence-electron chi connectivity index (χ3n) is 2.59. The van der Waals surface area contributed by atoms with Gasteiger partial charge in [0.15, 0.2) is 0 Å². The topological polar surface area (TPSA) is 89.4 Å². The first-order valence-corrected chi connectivity index (χ1v) is 4.85. The number of likely N-dealkylation sites (tertiary alicyclic amines) is 1. The Balaban J connectivity index is 2.42. The molecule has 0 radical (unpaired) electrons. The van der Waals surface area contributed by atoms with Crippen LogP contribution in [0.15, 0.2) is 0 Å². The minimum Gasteiger partial charge on any atom is -0.368 e. The van der Waals surface area contributed by atoms with E-state index in [4.69, 9.17) is 11.5 Å². The number of hydrogen-bond donors (Lipinski definition) is 2. The molecule has 1 rings (SSSR count). The summed E-state index contributed by atoms with van der Waals surface area (Å²) in [5.41, 5.74) is 10.5. The largest absolute Gasteiger partial charge is 0.368 e. The lowest BCUT2D eigenvalue weighted by Crippen LogP contribution is -2.57. The zero-order valence-corrected chi connectivity index (χ0v) is 8.40. The smallest absolute Gasteiger partial charge is 0.240 e. The molecule has 2 amide bonds. The molecule has 0 aromatic rings. The van der Waals surface area contributed by atoms with Crippen LogP contribution >= 0.6 is 0 Å². The molecule has 2 atom stereocenters. The number of nitrogens with two attached hydrogens (primary N) is 2. The molecule has 1 saturated heterocycles. The number of hydrogen-bond acceptors (Lipinski definition) is 3. The number of carbonyl (C=O) groups is 2. The highest BCUT2D eigenvalue weighted by Crippen LogP contribution is 2.19. The van der Waals surface area contributed by atoms with Crippen LogP contribution in [0, 0.1) is 5.92 Å². The van der Waals surface area contributed by atoms with Crippen LogP contribution in [-0.4, -0.2) is 35.8 Å². The predicted octanol–water partition coefficient (Wildman–Crippen LogP) is -0.942. The highest BCUT2D eigenvalue weighted by molar-refractivity contribution is 5.88. The molecule has 14 heavy (non-hydrogen) atoms. The number of rotatable bonds is 4. The number of carbonyl (C=O) groups excluding carboxylic acids is 2. The van der Waals surface area contributed by atoms with Crippen LogP contribution in [-0.2, 0) is 9.59 Å². The zero-order valence-electron chi connectivity index (χ0n) is 8.40. The van der Waals surface area contributed by atoms with E-state index in [2.05, 4.69) is 0 Å². The van der Waals surface area contributed by atoms with Gasteiger partial charge in [-0.05, 0) is 18.9 Å². The molecule has 0 aromatic heterocycles. The van der Waals surface area contributed by atoms with Crippen LogP contribution in [0.2, 0.25) is 0 Å². The minimum atomic E-state index is -0.412. The number of nitrogens with zero attached hydrogens (tertiary/aromatic N) is 1. The summed E-state index contributed by atoms with van der Waals surface area (Å²) in [5, 5.41) is 0. The van der Waals surface area contributed by atoms with Gasteiger partial charge in [-0.2, -0.15) is 0 Å². The lowest BCUT2D eigenvalue weighted by molar-refractivity contribution is -0.146. The Hall–Kier alpha value is -1.10. The van der Waals surface area contributed by atoms with E-state index >= 15 is 0 Å². The third kappa shape index (κ3) is 2.23. The molecule has 0 aliphatic carbocycles. The van der Waals surface area contributed by atoms with E-state index in [1.165, 1.54) is 4.90 Å². The molecule has 0 saturated carbocycles. The monoisotopic (exact) mass is 199 g/mol. The van der Waals surface area contributed by atoms with Crippen molar-refractivity contribution in [3.05, 3.63) is 0 Å².